The van der Waals surface area contributed by atoms with Crippen molar-refractivity contribution in [1.82, 2.24) is 4.98 Å². The molecule has 1 aromatic heterocycles. The maximum atomic E-state index is 11.0. The second kappa shape index (κ2) is 6.32. The lowest BCUT2D eigenvalue weighted by atomic mass is 10.1. The van der Waals surface area contributed by atoms with Gasteiger partial charge in [-0.15, -0.1) is 0 Å². The molecule has 5 heteroatoms. The summed E-state index contributed by atoms with van der Waals surface area (Å²) < 4.78 is 0. The van der Waals surface area contributed by atoms with Gasteiger partial charge >= 0.3 is 0 Å². The molecule has 0 aliphatic carbocycles. The van der Waals surface area contributed by atoms with Crippen LogP contribution in [0.3, 0.4) is 0 Å². The minimum atomic E-state index is -0.389. The summed E-state index contributed by atoms with van der Waals surface area (Å²) in [6.45, 7) is 4.29. The fourth-order valence-corrected chi connectivity index (χ4v) is 2.28. The number of anilines is 1. The number of aromatic nitrogens is 1. The van der Waals surface area contributed by atoms with Gasteiger partial charge in [-0.05, 0) is 19.4 Å². The van der Waals surface area contributed by atoms with Gasteiger partial charge in [-0.25, -0.2) is 4.98 Å². The van der Waals surface area contributed by atoms with Crippen LogP contribution in [0.2, 0.25) is 0 Å². The number of hydrogen-bond donors (Lipinski definition) is 1. The Kier molecular flexibility index (Phi) is 4.50. The van der Waals surface area contributed by atoms with Gasteiger partial charge in [0.2, 0.25) is 0 Å². The first kappa shape index (κ1) is 14.2. The minimum Gasteiger partial charge on any atom is -0.382 e. The highest BCUT2D eigenvalue weighted by Gasteiger charge is 2.14. The molecule has 20 heavy (non-hydrogen) atoms. The third kappa shape index (κ3) is 3.04. The van der Waals surface area contributed by atoms with E-state index in [2.05, 4.69) is 24.1 Å². The van der Waals surface area contributed by atoms with E-state index in [9.17, 15) is 10.1 Å². The van der Waals surface area contributed by atoms with Gasteiger partial charge in [0.1, 0.15) is 5.52 Å². The lowest BCUT2D eigenvalue weighted by Crippen LogP contribution is -2.15. The molecule has 5 nitrogen and oxygen atoms in total. The molecular formula is C15H19N3O2. The van der Waals surface area contributed by atoms with Crippen molar-refractivity contribution in [1.29, 1.82) is 0 Å². The van der Waals surface area contributed by atoms with Crippen LogP contribution in [-0.4, -0.2) is 15.9 Å². The highest BCUT2D eigenvalue weighted by Crippen LogP contribution is 2.29. The number of nitro groups is 1. The highest BCUT2D eigenvalue weighted by atomic mass is 16.6. The number of para-hydroxylation sites is 1. The number of unbranched alkanes of at least 4 members (excludes halogenated alkanes) is 1. The molecule has 2 aromatic rings. The largest absolute Gasteiger partial charge is 0.382 e. The van der Waals surface area contributed by atoms with Crippen LogP contribution in [0.4, 0.5) is 11.4 Å². The average molecular weight is 273 g/mol. The summed E-state index contributed by atoms with van der Waals surface area (Å²) in [4.78, 5) is 14.8. The summed E-state index contributed by atoms with van der Waals surface area (Å²) in [5.41, 5.74) is 1.39. The molecule has 0 saturated heterocycles. The minimum absolute atomic E-state index is 0.0485. The summed E-state index contributed by atoms with van der Waals surface area (Å²) >= 11 is 0. The van der Waals surface area contributed by atoms with Crippen molar-refractivity contribution < 1.29 is 4.92 Å². The molecule has 0 spiro atoms. The zero-order valence-corrected chi connectivity index (χ0v) is 11.8. The lowest BCUT2D eigenvalue weighted by molar-refractivity contribution is -0.383. The molecule has 1 unspecified atom stereocenters. The van der Waals surface area contributed by atoms with Crippen LogP contribution >= 0.6 is 0 Å². The van der Waals surface area contributed by atoms with Crippen molar-refractivity contribution >= 4 is 22.3 Å². The maximum Gasteiger partial charge on any atom is 0.295 e. The van der Waals surface area contributed by atoms with Crippen LogP contribution in [0.25, 0.3) is 10.9 Å². The van der Waals surface area contributed by atoms with E-state index in [1.807, 2.05) is 12.1 Å². The zero-order chi connectivity index (χ0) is 14.5. The molecule has 0 saturated carbocycles. The van der Waals surface area contributed by atoms with E-state index >= 15 is 0 Å². The van der Waals surface area contributed by atoms with E-state index in [1.165, 1.54) is 6.07 Å². The predicted molar refractivity (Wildman–Crippen MR) is 81.0 cm³/mol. The third-order valence-electron chi connectivity index (χ3n) is 3.34. The SMILES string of the molecule is CCCCC(C)Nc1ccnc2c([N+](=O)[O-])cccc12. The second-order valence-electron chi connectivity index (χ2n) is 4.98. The second-order valence-corrected chi connectivity index (χ2v) is 4.98. The number of non-ortho nitro benzene ring substituents is 1. The number of rotatable bonds is 6. The summed E-state index contributed by atoms with van der Waals surface area (Å²) in [6.07, 6.45) is 5.02. The predicted octanol–water partition coefficient (Wildman–Crippen LogP) is 4.13. The molecule has 1 heterocycles. The average Bonchev–Trinajstić information content (AvgIpc) is 2.44. The molecule has 0 aliphatic rings. The van der Waals surface area contributed by atoms with E-state index in [4.69, 9.17) is 0 Å². The van der Waals surface area contributed by atoms with Gasteiger partial charge in [0.15, 0.2) is 0 Å². The Balaban J connectivity index is 2.35. The molecule has 0 bridgehead atoms. The molecule has 0 radical (unpaired) electrons. The van der Waals surface area contributed by atoms with Crippen molar-refractivity contribution in [2.24, 2.45) is 0 Å². The first-order valence-corrected chi connectivity index (χ1v) is 6.92. The van der Waals surface area contributed by atoms with E-state index in [0.717, 1.165) is 30.3 Å². The fourth-order valence-electron chi connectivity index (χ4n) is 2.28. The molecular weight excluding hydrogens is 254 g/mol. The van der Waals surface area contributed by atoms with Crippen molar-refractivity contribution in [2.75, 3.05) is 5.32 Å². The molecule has 1 atom stereocenters. The topological polar surface area (TPSA) is 68.1 Å². The van der Waals surface area contributed by atoms with Gasteiger partial charge in [-0.2, -0.15) is 0 Å². The molecule has 0 amide bonds. The number of nitro benzene ring substituents is 1. The number of fused-ring (bicyclic) bond motifs is 1. The fraction of sp³-hybridized carbons (Fsp3) is 0.400. The van der Waals surface area contributed by atoms with Gasteiger partial charge in [-0.3, -0.25) is 10.1 Å². The van der Waals surface area contributed by atoms with Crippen LogP contribution < -0.4 is 5.32 Å². The number of nitrogens with one attached hydrogen (secondary N) is 1. The van der Waals surface area contributed by atoms with Crippen LogP contribution in [-0.2, 0) is 0 Å². The Labute approximate surface area is 118 Å². The van der Waals surface area contributed by atoms with E-state index in [0.29, 0.717) is 11.6 Å². The lowest BCUT2D eigenvalue weighted by Gasteiger charge is -2.16. The molecule has 1 N–H and O–H groups in total. The van der Waals surface area contributed by atoms with Crippen LogP contribution in [0.5, 0.6) is 0 Å². The Morgan fingerprint density at radius 2 is 2.20 bits per heavy atom. The van der Waals surface area contributed by atoms with Gasteiger partial charge < -0.3 is 5.32 Å². The molecule has 0 aliphatic heterocycles. The standard InChI is InChI=1S/C15H19N3O2/c1-3-4-6-11(2)17-13-9-10-16-15-12(13)7-5-8-14(15)18(19)20/h5,7-11H,3-4,6H2,1-2H3,(H,16,17). The summed E-state index contributed by atoms with van der Waals surface area (Å²) in [7, 11) is 0. The molecule has 2 rings (SSSR count). The summed E-state index contributed by atoms with van der Waals surface area (Å²) in [5.74, 6) is 0. The number of benzene rings is 1. The van der Waals surface area contributed by atoms with Gasteiger partial charge in [0.25, 0.3) is 5.69 Å². The van der Waals surface area contributed by atoms with Gasteiger partial charge in [-0.1, -0.05) is 31.9 Å². The van der Waals surface area contributed by atoms with Crippen molar-refractivity contribution in [2.45, 2.75) is 39.2 Å². The Hall–Kier alpha value is -2.17. The number of pyridine rings is 1. The Morgan fingerprint density at radius 3 is 2.90 bits per heavy atom. The Bertz CT molecular complexity index is 613. The number of nitrogens with zero attached hydrogens (tertiary/aromatic N) is 2. The monoisotopic (exact) mass is 273 g/mol. The molecule has 1 aromatic carbocycles. The normalized spacial score (nSPS) is 12.3. The van der Waals surface area contributed by atoms with E-state index < -0.39 is 0 Å². The first-order valence-electron chi connectivity index (χ1n) is 6.92. The van der Waals surface area contributed by atoms with Crippen LogP contribution in [0.15, 0.2) is 30.5 Å². The number of hydrogen-bond acceptors (Lipinski definition) is 4. The summed E-state index contributed by atoms with van der Waals surface area (Å²) in [5, 5.41) is 15.3. The van der Waals surface area contributed by atoms with E-state index in [-0.39, 0.29) is 10.6 Å². The molecule has 106 valence electrons. The zero-order valence-electron chi connectivity index (χ0n) is 11.8. The van der Waals surface area contributed by atoms with Crippen LogP contribution in [0, 0.1) is 10.1 Å². The van der Waals surface area contributed by atoms with E-state index in [1.54, 1.807) is 12.3 Å². The van der Waals surface area contributed by atoms with Crippen molar-refractivity contribution in [3.63, 3.8) is 0 Å². The quantitative estimate of drug-likeness (QED) is 0.634. The van der Waals surface area contributed by atoms with Gasteiger partial charge in [0.05, 0.1) is 4.92 Å². The van der Waals surface area contributed by atoms with Crippen molar-refractivity contribution in [3.05, 3.63) is 40.6 Å². The van der Waals surface area contributed by atoms with Crippen LogP contribution in [0.1, 0.15) is 33.1 Å². The van der Waals surface area contributed by atoms with Crippen molar-refractivity contribution in [3.8, 4) is 0 Å². The molecule has 0 fully saturated rings. The summed E-state index contributed by atoms with van der Waals surface area (Å²) in [6, 6.07) is 7.25. The smallest absolute Gasteiger partial charge is 0.295 e. The van der Waals surface area contributed by atoms with Gasteiger partial charge in [0, 0.05) is 29.4 Å². The Morgan fingerprint density at radius 1 is 1.40 bits per heavy atom. The highest BCUT2D eigenvalue weighted by molar-refractivity contribution is 5.96. The maximum absolute atomic E-state index is 11.0. The first-order chi connectivity index (χ1) is 9.63. The third-order valence-corrected chi connectivity index (χ3v) is 3.34.